The monoisotopic (exact) mass is 389 g/mol. The largest absolute Gasteiger partial charge is 0.334 e. The Balaban J connectivity index is 2.21. The number of amides is 1. The molecule has 102 valence electrons. The molecule has 0 fully saturated rings. The maximum absolute atomic E-state index is 12.4. The van der Waals surface area contributed by atoms with Crippen LogP contribution in [0.5, 0.6) is 0 Å². The third-order valence-electron chi connectivity index (χ3n) is 2.84. The van der Waals surface area contributed by atoms with Gasteiger partial charge in [0, 0.05) is 21.1 Å². The van der Waals surface area contributed by atoms with Gasteiger partial charge >= 0.3 is 0 Å². The Bertz CT molecular complexity index is 580. The zero-order valence-electron chi connectivity index (χ0n) is 10.8. The number of nitrogens with zero attached hydrogens (tertiary/aromatic N) is 5. The van der Waals surface area contributed by atoms with Crippen LogP contribution in [-0.2, 0) is 20.6 Å². The smallest absolute Gasteiger partial charge is 0.273 e. The minimum Gasteiger partial charge on any atom is -0.334 e. The highest BCUT2D eigenvalue weighted by Crippen LogP contribution is 2.20. The lowest BCUT2D eigenvalue weighted by Crippen LogP contribution is -2.29. The average molecular weight is 391 g/mol. The van der Waals surface area contributed by atoms with Gasteiger partial charge in [-0.2, -0.15) is 10.2 Å². The Labute approximate surface area is 127 Å². The summed E-state index contributed by atoms with van der Waals surface area (Å²) in [5.74, 6) is -0.0972. The number of halogens is 2. The Morgan fingerprint density at radius 1 is 1.21 bits per heavy atom. The van der Waals surface area contributed by atoms with Crippen molar-refractivity contribution in [3.8, 4) is 0 Å². The third kappa shape index (κ3) is 2.74. The molecule has 2 aromatic rings. The van der Waals surface area contributed by atoms with E-state index in [1.54, 1.807) is 40.8 Å². The molecule has 0 saturated carbocycles. The van der Waals surface area contributed by atoms with Crippen molar-refractivity contribution in [2.24, 2.45) is 14.1 Å². The molecular weight excluding hydrogens is 378 g/mol. The molecule has 0 radical (unpaired) electrons. The summed E-state index contributed by atoms with van der Waals surface area (Å²) in [6.45, 7) is 0.466. The molecular formula is C11H13Br2N5O. The zero-order valence-corrected chi connectivity index (χ0v) is 13.9. The predicted octanol–water partition coefficient (Wildman–Crippen LogP) is 1.95. The molecule has 2 rings (SSSR count). The summed E-state index contributed by atoms with van der Waals surface area (Å²) in [5.41, 5.74) is 1.47. The second-order valence-electron chi connectivity index (χ2n) is 4.19. The minimum absolute atomic E-state index is 0.0972. The molecule has 0 aromatic carbocycles. The van der Waals surface area contributed by atoms with Gasteiger partial charge < -0.3 is 4.90 Å². The molecule has 0 spiro atoms. The van der Waals surface area contributed by atoms with Crippen LogP contribution in [0, 0.1) is 0 Å². The van der Waals surface area contributed by atoms with Gasteiger partial charge in [0.25, 0.3) is 5.91 Å². The van der Waals surface area contributed by atoms with Crippen molar-refractivity contribution in [1.82, 2.24) is 24.5 Å². The van der Waals surface area contributed by atoms with E-state index in [-0.39, 0.29) is 5.91 Å². The Morgan fingerprint density at radius 3 is 2.26 bits per heavy atom. The number of aromatic nitrogens is 4. The minimum atomic E-state index is -0.0972. The summed E-state index contributed by atoms with van der Waals surface area (Å²) >= 11 is 6.76. The summed E-state index contributed by atoms with van der Waals surface area (Å²) in [5, 5.41) is 8.18. The Kier molecular flexibility index (Phi) is 4.10. The molecule has 8 heteroatoms. The van der Waals surface area contributed by atoms with E-state index in [0.29, 0.717) is 16.7 Å². The van der Waals surface area contributed by atoms with Gasteiger partial charge in [-0.15, -0.1) is 0 Å². The van der Waals surface area contributed by atoms with Gasteiger partial charge in [-0.1, -0.05) is 0 Å². The number of hydrogen-bond acceptors (Lipinski definition) is 3. The van der Waals surface area contributed by atoms with Crippen LogP contribution in [-0.4, -0.2) is 37.4 Å². The van der Waals surface area contributed by atoms with E-state index in [4.69, 9.17) is 0 Å². The topological polar surface area (TPSA) is 56.0 Å². The van der Waals surface area contributed by atoms with Crippen molar-refractivity contribution in [2.45, 2.75) is 6.54 Å². The number of aryl methyl sites for hydroxylation is 2. The van der Waals surface area contributed by atoms with Crippen molar-refractivity contribution >= 4 is 37.8 Å². The normalized spacial score (nSPS) is 10.8. The van der Waals surface area contributed by atoms with Gasteiger partial charge in [0.2, 0.25) is 0 Å². The van der Waals surface area contributed by atoms with Crippen LogP contribution in [0.3, 0.4) is 0 Å². The first-order valence-corrected chi connectivity index (χ1v) is 7.09. The van der Waals surface area contributed by atoms with Gasteiger partial charge in [-0.3, -0.25) is 14.2 Å². The molecule has 2 aromatic heterocycles. The molecule has 1 amide bonds. The number of rotatable bonds is 3. The van der Waals surface area contributed by atoms with Crippen LogP contribution >= 0.6 is 31.9 Å². The summed E-state index contributed by atoms with van der Waals surface area (Å²) in [4.78, 5) is 14.0. The van der Waals surface area contributed by atoms with Gasteiger partial charge in [-0.25, -0.2) is 0 Å². The lowest BCUT2D eigenvalue weighted by Gasteiger charge is -2.18. The van der Waals surface area contributed by atoms with E-state index in [1.807, 2.05) is 7.05 Å². The summed E-state index contributed by atoms with van der Waals surface area (Å²) < 4.78 is 4.88. The van der Waals surface area contributed by atoms with Crippen LogP contribution in [0.4, 0.5) is 0 Å². The fourth-order valence-electron chi connectivity index (χ4n) is 1.74. The molecule has 6 nitrogen and oxygen atoms in total. The lowest BCUT2D eigenvalue weighted by molar-refractivity contribution is 0.0770. The van der Waals surface area contributed by atoms with Crippen LogP contribution in [0.1, 0.15) is 16.2 Å². The molecule has 0 N–H and O–H groups in total. The van der Waals surface area contributed by atoms with E-state index >= 15 is 0 Å². The van der Waals surface area contributed by atoms with E-state index in [9.17, 15) is 4.79 Å². The van der Waals surface area contributed by atoms with Crippen molar-refractivity contribution in [3.63, 3.8) is 0 Å². The van der Waals surface area contributed by atoms with Crippen molar-refractivity contribution in [2.75, 3.05) is 7.05 Å². The summed E-state index contributed by atoms with van der Waals surface area (Å²) in [6.07, 6.45) is 3.33. The van der Waals surface area contributed by atoms with E-state index in [1.165, 1.54) is 0 Å². The number of hydrogen-bond donors (Lipinski definition) is 0. The standard InChI is InChI=1S/C11H13Br2N5O/c1-16(6-9-7(12)4-14-17(9)2)11(19)10-8(13)5-15-18(10)3/h4-5H,6H2,1-3H3. The predicted molar refractivity (Wildman–Crippen MR) is 77.6 cm³/mol. The highest BCUT2D eigenvalue weighted by Gasteiger charge is 2.21. The molecule has 19 heavy (non-hydrogen) atoms. The quantitative estimate of drug-likeness (QED) is 0.804. The fourth-order valence-corrected chi connectivity index (χ4v) is 2.73. The highest BCUT2D eigenvalue weighted by molar-refractivity contribution is 9.10. The van der Waals surface area contributed by atoms with Crippen LogP contribution in [0.2, 0.25) is 0 Å². The average Bonchev–Trinajstić information content (AvgIpc) is 2.85. The Morgan fingerprint density at radius 2 is 1.79 bits per heavy atom. The van der Waals surface area contributed by atoms with Gasteiger partial charge in [0.05, 0.1) is 33.6 Å². The molecule has 0 aliphatic rings. The molecule has 0 unspecified atom stereocenters. The second kappa shape index (κ2) is 5.46. The molecule has 0 atom stereocenters. The maximum Gasteiger partial charge on any atom is 0.273 e. The van der Waals surface area contributed by atoms with Crippen molar-refractivity contribution in [1.29, 1.82) is 0 Å². The van der Waals surface area contributed by atoms with E-state index in [2.05, 4.69) is 42.1 Å². The van der Waals surface area contributed by atoms with Crippen LogP contribution in [0.15, 0.2) is 21.3 Å². The zero-order chi connectivity index (χ0) is 14.2. The number of carbonyl (C=O) groups is 1. The van der Waals surface area contributed by atoms with Crippen LogP contribution in [0.25, 0.3) is 0 Å². The number of carbonyl (C=O) groups excluding carboxylic acids is 1. The molecule has 0 aliphatic heterocycles. The molecule has 0 bridgehead atoms. The fraction of sp³-hybridized carbons (Fsp3) is 0.364. The first-order chi connectivity index (χ1) is 8.91. The summed E-state index contributed by atoms with van der Waals surface area (Å²) in [7, 11) is 5.34. The van der Waals surface area contributed by atoms with Crippen molar-refractivity contribution < 1.29 is 4.79 Å². The van der Waals surface area contributed by atoms with Gasteiger partial charge in [-0.05, 0) is 31.9 Å². The third-order valence-corrected chi connectivity index (χ3v) is 4.08. The first-order valence-electron chi connectivity index (χ1n) is 5.51. The second-order valence-corrected chi connectivity index (χ2v) is 5.90. The highest BCUT2D eigenvalue weighted by atomic mass is 79.9. The molecule has 2 heterocycles. The molecule has 0 saturated heterocycles. The first kappa shape index (κ1) is 14.3. The van der Waals surface area contributed by atoms with E-state index in [0.717, 1.165) is 10.2 Å². The SMILES string of the molecule is CN(Cc1c(Br)cnn1C)C(=O)c1c(Br)cnn1C. The van der Waals surface area contributed by atoms with Gasteiger partial charge in [0.15, 0.2) is 0 Å². The molecule has 0 aliphatic carbocycles. The lowest BCUT2D eigenvalue weighted by atomic mass is 10.3. The summed E-state index contributed by atoms with van der Waals surface area (Å²) in [6, 6.07) is 0. The van der Waals surface area contributed by atoms with Gasteiger partial charge in [0.1, 0.15) is 5.69 Å². The maximum atomic E-state index is 12.4. The van der Waals surface area contributed by atoms with Crippen LogP contribution < -0.4 is 0 Å². The van der Waals surface area contributed by atoms with Crippen molar-refractivity contribution in [3.05, 3.63) is 32.7 Å². The van der Waals surface area contributed by atoms with E-state index < -0.39 is 0 Å². The Hall–Kier alpha value is -1.15.